The first-order chi connectivity index (χ1) is 14.4. The van der Waals surface area contributed by atoms with Crippen molar-refractivity contribution in [2.45, 2.75) is 12.3 Å². The molecule has 0 bridgehead atoms. The van der Waals surface area contributed by atoms with E-state index in [4.69, 9.17) is 23.2 Å². The van der Waals surface area contributed by atoms with E-state index in [2.05, 4.69) is 5.32 Å². The Balaban J connectivity index is 1.59. The summed E-state index contributed by atoms with van der Waals surface area (Å²) in [5.41, 5.74) is 3.88. The van der Waals surface area contributed by atoms with Crippen LogP contribution in [0.2, 0.25) is 10.0 Å². The molecule has 7 heteroatoms. The molecule has 3 aromatic rings. The number of halogens is 2. The molecule has 1 atom stereocenters. The second-order valence-corrected chi connectivity index (χ2v) is 8.88. The lowest BCUT2D eigenvalue weighted by Gasteiger charge is -2.25. The molecular weight excluding hydrogens is 439 g/mol. The van der Waals surface area contributed by atoms with E-state index in [1.54, 1.807) is 23.9 Å². The third-order valence-electron chi connectivity index (χ3n) is 4.75. The number of rotatable bonds is 4. The van der Waals surface area contributed by atoms with Crippen molar-refractivity contribution in [1.82, 2.24) is 0 Å². The minimum Gasteiger partial charge on any atom is -0.322 e. The Labute approximate surface area is 189 Å². The van der Waals surface area contributed by atoms with Crippen molar-refractivity contribution in [2.75, 3.05) is 16.0 Å². The van der Waals surface area contributed by atoms with Crippen LogP contribution in [0.3, 0.4) is 0 Å². The molecule has 152 valence electrons. The minimum atomic E-state index is -0.320. The van der Waals surface area contributed by atoms with Gasteiger partial charge in [-0.1, -0.05) is 47.5 Å². The number of thioether (sulfide) groups is 1. The second kappa shape index (κ2) is 8.72. The van der Waals surface area contributed by atoms with Crippen LogP contribution in [0.25, 0.3) is 0 Å². The Morgan fingerprint density at radius 2 is 1.87 bits per heavy atom. The smallest absolute Gasteiger partial charge is 0.257 e. The first-order valence-corrected chi connectivity index (χ1v) is 11.1. The molecule has 1 saturated heterocycles. The van der Waals surface area contributed by atoms with Gasteiger partial charge in [0.05, 0.1) is 16.3 Å². The fraction of sp³-hybridized carbons (Fsp3) is 0.130. The standard InChI is InChI=1S/C23H18Cl2N2O2S/c1-14-4-2-7-18(10-14)27-21(28)13-30-23(27)15-5-3-6-17(11-15)26-22(29)19-9-8-16(24)12-20(19)25/h2-12,23H,13H2,1H3,(H,26,29). The van der Waals surface area contributed by atoms with Gasteiger partial charge in [-0.2, -0.15) is 0 Å². The van der Waals surface area contributed by atoms with Gasteiger partial charge in [0.1, 0.15) is 5.37 Å². The lowest BCUT2D eigenvalue weighted by atomic mass is 10.1. The highest BCUT2D eigenvalue weighted by atomic mass is 35.5. The van der Waals surface area contributed by atoms with E-state index < -0.39 is 0 Å². The number of anilines is 2. The highest BCUT2D eigenvalue weighted by Gasteiger charge is 2.34. The fourth-order valence-corrected chi connectivity index (χ4v) is 5.03. The predicted molar refractivity (Wildman–Crippen MR) is 125 cm³/mol. The van der Waals surface area contributed by atoms with Crippen LogP contribution in [0.15, 0.2) is 66.7 Å². The Hall–Kier alpha value is -2.47. The van der Waals surface area contributed by atoms with Crippen molar-refractivity contribution < 1.29 is 9.59 Å². The molecule has 0 spiro atoms. The molecule has 1 aliphatic rings. The van der Waals surface area contributed by atoms with E-state index in [1.807, 2.05) is 60.4 Å². The summed E-state index contributed by atoms with van der Waals surface area (Å²) in [6.07, 6.45) is 0. The first-order valence-electron chi connectivity index (χ1n) is 9.29. The van der Waals surface area contributed by atoms with Gasteiger partial charge >= 0.3 is 0 Å². The van der Waals surface area contributed by atoms with Crippen LogP contribution in [0.4, 0.5) is 11.4 Å². The summed E-state index contributed by atoms with van der Waals surface area (Å²) < 4.78 is 0. The summed E-state index contributed by atoms with van der Waals surface area (Å²) in [6.45, 7) is 2.00. The topological polar surface area (TPSA) is 49.4 Å². The van der Waals surface area contributed by atoms with E-state index >= 15 is 0 Å². The zero-order chi connectivity index (χ0) is 21.3. The Morgan fingerprint density at radius 1 is 1.07 bits per heavy atom. The number of carbonyl (C=O) groups excluding carboxylic acids is 2. The van der Waals surface area contributed by atoms with Crippen molar-refractivity contribution in [3.05, 3.63) is 93.5 Å². The fourth-order valence-electron chi connectivity index (χ4n) is 3.37. The molecule has 0 aliphatic carbocycles. The van der Waals surface area contributed by atoms with Gasteiger partial charge in [0.15, 0.2) is 0 Å². The largest absolute Gasteiger partial charge is 0.322 e. The van der Waals surface area contributed by atoms with Crippen molar-refractivity contribution >= 4 is 58.2 Å². The van der Waals surface area contributed by atoms with E-state index in [0.717, 1.165) is 16.8 Å². The molecule has 2 amide bonds. The van der Waals surface area contributed by atoms with Crippen LogP contribution in [0, 0.1) is 6.92 Å². The second-order valence-electron chi connectivity index (χ2n) is 6.97. The summed E-state index contributed by atoms with van der Waals surface area (Å²) in [5.74, 6) is 0.160. The van der Waals surface area contributed by atoms with Gasteiger partial charge in [-0.05, 0) is 60.5 Å². The maximum atomic E-state index is 12.6. The lowest BCUT2D eigenvalue weighted by Crippen LogP contribution is -2.27. The van der Waals surface area contributed by atoms with Crippen LogP contribution < -0.4 is 10.2 Å². The van der Waals surface area contributed by atoms with Crippen LogP contribution in [0.1, 0.15) is 26.9 Å². The molecular formula is C23H18Cl2N2O2S. The average molecular weight is 457 g/mol. The number of carbonyl (C=O) groups is 2. The normalized spacial score (nSPS) is 16.0. The van der Waals surface area contributed by atoms with Crippen LogP contribution in [-0.4, -0.2) is 17.6 Å². The van der Waals surface area contributed by atoms with Crippen LogP contribution in [0.5, 0.6) is 0 Å². The third kappa shape index (κ3) is 4.33. The number of amides is 2. The molecule has 0 aromatic heterocycles. The monoisotopic (exact) mass is 456 g/mol. The molecule has 4 rings (SSSR count). The molecule has 1 unspecified atom stereocenters. The zero-order valence-electron chi connectivity index (χ0n) is 16.1. The van der Waals surface area contributed by atoms with Gasteiger partial charge in [-0.3, -0.25) is 14.5 Å². The van der Waals surface area contributed by atoms with Crippen LogP contribution >= 0.6 is 35.0 Å². The number of nitrogens with one attached hydrogen (secondary N) is 1. The molecule has 4 nitrogen and oxygen atoms in total. The van der Waals surface area contributed by atoms with Gasteiger partial charge in [-0.25, -0.2) is 0 Å². The summed E-state index contributed by atoms with van der Waals surface area (Å²) in [4.78, 5) is 27.1. The van der Waals surface area contributed by atoms with Crippen molar-refractivity contribution in [1.29, 1.82) is 0 Å². The van der Waals surface area contributed by atoms with Gasteiger partial charge in [0.2, 0.25) is 5.91 Å². The predicted octanol–water partition coefficient (Wildman–Crippen LogP) is 6.33. The van der Waals surface area contributed by atoms with Crippen molar-refractivity contribution in [3.8, 4) is 0 Å². The van der Waals surface area contributed by atoms with E-state index in [0.29, 0.717) is 27.0 Å². The van der Waals surface area contributed by atoms with E-state index in [-0.39, 0.29) is 17.2 Å². The van der Waals surface area contributed by atoms with E-state index in [1.165, 1.54) is 6.07 Å². The summed E-state index contributed by atoms with van der Waals surface area (Å²) in [7, 11) is 0. The number of benzene rings is 3. The third-order valence-corrected chi connectivity index (χ3v) is 6.51. The molecule has 0 saturated carbocycles. The molecule has 1 fully saturated rings. The van der Waals surface area contributed by atoms with Crippen molar-refractivity contribution in [3.63, 3.8) is 0 Å². The Bertz CT molecular complexity index is 1140. The molecule has 1 aliphatic heterocycles. The highest BCUT2D eigenvalue weighted by Crippen LogP contribution is 2.42. The van der Waals surface area contributed by atoms with Crippen LogP contribution in [-0.2, 0) is 4.79 Å². The highest BCUT2D eigenvalue weighted by molar-refractivity contribution is 8.00. The summed E-state index contributed by atoms with van der Waals surface area (Å²) in [5, 5.41) is 3.48. The number of aryl methyl sites for hydroxylation is 1. The Kier molecular flexibility index (Phi) is 6.04. The number of hydrogen-bond acceptors (Lipinski definition) is 3. The summed E-state index contributed by atoms with van der Waals surface area (Å²) in [6, 6.07) is 20.2. The van der Waals surface area contributed by atoms with Gasteiger partial charge < -0.3 is 5.32 Å². The average Bonchev–Trinajstić information content (AvgIpc) is 3.09. The maximum absolute atomic E-state index is 12.6. The van der Waals surface area contributed by atoms with E-state index in [9.17, 15) is 9.59 Å². The first kappa shape index (κ1) is 20.8. The molecule has 30 heavy (non-hydrogen) atoms. The molecule has 1 heterocycles. The lowest BCUT2D eigenvalue weighted by molar-refractivity contribution is -0.115. The quantitative estimate of drug-likeness (QED) is 0.498. The number of hydrogen-bond donors (Lipinski definition) is 1. The van der Waals surface area contributed by atoms with Crippen molar-refractivity contribution in [2.24, 2.45) is 0 Å². The van der Waals surface area contributed by atoms with Gasteiger partial charge in [0, 0.05) is 16.4 Å². The Morgan fingerprint density at radius 3 is 2.63 bits per heavy atom. The maximum Gasteiger partial charge on any atom is 0.257 e. The molecule has 3 aromatic carbocycles. The summed E-state index contributed by atoms with van der Waals surface area (Å²) >= 11 is 13.6. The van der Waals surface area contributed by atoms with Gasteiger partial charge in [-0.15, -0.1) is 11.8 Å². The SMILES string of the molecule is Cc1cccc(N2C(=O)CSC2c2cccc(NC(=O)c3ccc(Cl)cc3Cl)c2)c1. The molecule has 1 N–H and O–H groups in total. The van der Waals surface area contributed by atoms with Gasteiger partial charge in [0.25, 0.3) is 5.91 Å². The molecule has 0 radical (unpaired) electrons. The number of nitrogens with zero attached hydrogens (tertiary/aromatic N) is 1. The minimum absolute atomic E-state index is 0.0676. The zero-order valence-corrected chi connectivity index (χ0v) is 18.4.